The number of allylic oxidation sites excluding steroid dienone is 2. The molecule has 1 aliphatic rings. The maximum absolute atomic E-state index is 11.3. The van der Waals surface area contributed by atoms with E-state index in [2.05, 4.69) is 12.2 Å². The Kier molecular flexibility index (Phi) is 8.71. The second-order valence-corrected chi connectivity index (χ2v) is 4.85. The van der Waals surface area contributed by atoms with Crippen LogP contribution in [0, 0.1) is 0 Å². The molecule has 1 rings (SSSR count). The smallest absolute Gasteiger partial charge is 0.305 e. The zero-order valence-corrected chi connectivity index (χ0v) is 11.0. The zero-order chi connectivity index (χ0) is 12.2. The van der Waals surface area contributed by atoms with Gasteiger partial charge in [-0.05, 0) is 32.1 Å². The molecule has 0 aromatic heterocycles. The van der Waals surface area contributed by atoms with Gasteiger partial charge in [0.25, 0.3) is 0 Å². The van der Waals surface area contributed by atoms with Crippen molar-refractivity contribution in [3.05, 3.63) is 12.2 Å². The van der Waals surface area contributed by atoms with E-state index >= 15 is 0 Å². The van der Waals surface area contributed by atoms with Crippen LogP contribution in [0.5, 0.6) is 0 Å². The summed E-state index contributed by atoms with van der Waals surface area (Å²) in [6.45, 7) is 0.586. The lowest BCUT2D eigenvalue weighted by molar-refractivity contribution is -0.143. The average molecular weight is 238 g/mol. The van der Waals surface area contributed by atoms with Crippen molar-refractivity contribution in [2.45, 2.75) is 70.6 Å². The highest BCUT2D eigenvalue weighted by molar-refractivity contribution is 5.69. The largest absolute Gasteiger partial charge is 0.466 e. The van der Waals surface area contributed by atoms with Gasteiger partial charge in [0, 0.05) is 6.42 Å². The Hall–Kier alpha value is -0.790. The average Bonchev–Trinajstić information content (AvgIpc) is 2.32. The van der Waals surface area contributed by atoms with Crippen molar-refractivity contribution < 1.29 is 9.53 Å². The van der Waals surface area contributed by atoms with Crippen LogP contribution in [0.15, 0.2) is 12.2 Å². The van der Waals surface area contributed by atoms with Gasteiger partial charge in [-0.25, -0.2) is 0 Å². The topological polar surface area (TPSA) is 26.3 Å². The van der Waals surface area contributed by atoms with Gasteiger partial charge in [0.2, 0.25) is 0 Å². The van der Waals surface area contributed by atoms with Crippen molar-refractivity contribution in [3.8, 4) is 0 Å². The van der Waals surface area contributed by atoms with Crippen LogP contribution in [0.4, 0.5) is 0 Å². The van der Waals surface area contributed by atoms with Crippen molar-refractivity contribution in [2.75, 3.05) is 6.61 Å². The summed E-state index contributed by atoms with van der Waals surface area (Å²) >= 11 is 0. The Bertz CT molecular complexity index is 221. The van der Waals surface area contributed by atoms with Crippen molar-refractivity contribution in [2.24, 2.45) is 0 Å². The van der Waals surface area contributed by atoms with Gasteiger partial charge in [-0.1, -0.05) is 44.3 Å². The van der Waals surface area contributed by atoms with Crippen LogP contribution in [0.1, 0.15) is 70.6 Å². The van der Waals surface area contributed by atoms with Crippen molar-refractivity contribution in [1.29, 1.82) is 0 Å². The molecular formula is C15H26O2. The molecule has 1 aliphatic heterocycles. The van der Waals surface area contributed by atoms with Crippen LogP contribution in [-0.2, 0) is 9.53 Å². The van der Waals surface area contributed by atoms with Gasteiger partial charge in [0.15, 0.2) is 0 Å². The van der Waals surface area contributed by atoms with Crippen LogP contribution in [-0.4, -0.2) is 12.6 Å². The van der Waals surface area contributed by atoms with Gasteiger partial charge in [-0.15, -0.1) is 0 Å². The van der Waals surface area contributed by atoms with E-state index in [1.54, 1.807) is 0 Å². The predicted octanol–water partition coefficient (Wildman–Crippen LogP) is 4.39. The molecular weight excluding hydrogens is 212 g/mol. The molecule has 0 amide bonds. The van der Waals surface area contributed by atoms with Crippen molar-refractivity contribution >= 4 is 5.97 Å². The number of hydrogen-bond donors (Lipinski definition) is 0. The number of ether oxygens (including phenoxy) is 1. The summed E-state index contributed by atoms with van der Waals surface area (Å²) in [6.07, 6.45) is 17.1. The van der Waals surface area contributed by atoms with E-state index in [-0.39, 0.29) is 5.97 Å². The summed E-state index contributed by atoms with van der Waals surface area (Å²) in [4.78, 5) is 11.3. The molecule has 0 spiro atoms. The monoisotopic (exact) mass is 238 g/mol. The molecule has 17 heavy (non-hydrogen) atoms. The first kappa shape index (κ1) is 14.3. The zero-order valence-electron chi connectivity index (χ0n) is 11.0. The lowest BCUT2D eigenvalue weighted by Crippen LogP contribution is -2.05. The molecule has 0 unspecified atom stereocenters. The highest BCUT2D eigenvalue weighted by Gasteiger charge is 2.02. The predicted molar refractivity (Wildman–Crippen MR) is 70.9 cm³/mol. The Morgan fingerprint density at radius 3 is 2.12 bits per heavy atom. The second-order valence-electron chi connectivity index (χ2n) is 4.85. The summed E-state index contributed by atoms with van der Waals surface area (Å²) in [5.41, 5.74) is 0. The fourth-order valence-electron chi connectivity index (χ4n) is 2.11. The Balaban J connectivity index is 2.18. The molecule has 98 valence electrons. The first-order valence-corrected chi connectivity index (χ1v) is 7.20. The molecule has 0 saturated carbocycles. The van der Waals surface area contributed by atoms with Crippen LogP contribution in [0.25, 0.3) is 0 Å². The number of carbonyl (C=O) groups excluding carboxylic acids is 1. The van der Waals surface area contributed by atoms with E-state index in [4.69, 9.17) is 4.74 Å². The van der Waals surface area contributed by atoms with Gasteiger partial charge in [0.1, 0.15) is 0 Å². The third kappa shape index (κ3) is 8.96. The maximum Gasteiger partial charge on any atom is 0.305 e. The van der Waals surface area contributed by atoms with Crippen molar-refractivity contribution in [3.63, 3.8) is 0 Å². The minimum Gasteiger partial charge on any atom is -0.466 e. The van der Waals surface area contributed by atoms with Gasteiger partial charge in [0.05, 0.1) is 6.61 Å². The van der Waals surface area contributed by atoms with E-state index in [1.165, 1.54) is 44.9 Å². The molecule has 0 aromatic rings. The molecule has 1 heterocycles. The quantitative estimate of drug-likeness (QED) is 0.462. The van der Waals surface area contributed by atoms with Crippen LogP contribution in [0.3, 0.4) is 0 Å². The Morgan fingerprint density at radius 2 is 1.35 bits per heavy atom. The lowest BCUT2D eigenvalue weighted by Gasteiger charge is -2.05. The van der Waals surface area contributed by atoms with E-state index in [0.717, 1.165) is 19.3 Å². The summed E-state index contributed by atoms with van der Waals surface area (Å²) in [7, 11) is 0. The van der Waals surface area contributed by atoms with Crippen LogP contribution in [0.2, 0.25) is 0 Å². The number of esters is 1. The minimum atomic E-state index is -0.0129. The molecule has 0 radical (unpaired) electrons. The van der Waals surface area contributed by atoms with Crippen molar-refractivity contribution in [1.82, 2.24) is 0 Å². The van der Waals surface area contributed by atoms with Gasteiger partial charge >= 0.3 is 5.97 Å². The Labute approximate surface area is 105 Å². The summed E-state index contributed by atoms with van der Waals surface area (Å²) in [5, 5.41) is 0. The van der Waals surface area contributed by atoms with E-state index in [0.29, 0.717) is 13.0 Å². The van der Waals surface area contributed by atoms with E-state index < -0.39 is 0 Å². The number of carbonyl (C=O) groups is 1. The third-order valence-corrected chi connectivity index (χ3v) is 3.20. The maximum atomic E-state index is 11.3. The fourth-order valence-corrected chi connectivity index (χ4v) is 2.11. The standard InChI is InChI=1S/C15H26O2/c16-15-13-11-9-7-5-3-1-2-4-6-8-10-12-14-17-15/h6,8H,1-5,7,9-14H2/b8-6+. The van der Waals surface area contributed by atoms with Crippen LogP contribution < -0.4 is 0 Å². The highest BCUT2D eigenvalue weighted by Crippen LogP contribution is 2.11. The highest BCUT2D eigenvalue weighted by atomic mass is 16.5. The number of rotatable bonds is 0. The molecule has 0 bridgehead atoms. The first-order valence-electron chi connectivity index (χ1n) is 7.20. The molecule has 0 aromatic carbocycles. The molecule has 0 aliphatic carbocycles. The van der Waals surface area contributed by atoms with Gasteiger partial charge in [-0.2, -0.15) is 0 Å². The molecule has 0 fully saturated rings. The number of hydrogen-bond acceptors (Lipinski definition) is 2. The molecule has 2 heteroatoms. The molecule has 0 atom stereocenters. The van der Waals surface area contributed by atoms with Gasteiger partial charge in [-0.3, -0.25) is 4.79 Å². The Morgan fingerprint density at radius 1 is 0.765 bits per heavy atom. The molecule has 0 saturated heterocycles. The van der Waals surface area contributed by atoms with E-state index in [1.807, 2.05) is 0 Å². The molecule has 0 N–H and O–H groups in total. The second kappa shape index (κ2) is 10.4. The summed E-state index contributed by atoms with van der Waals surface area (Å²) < 4.78 is 5.17. The lowest BCUT2D eigenvalue weighted by atomic mass is 10.1. The summed E-state index contributed by atoms with van der Waals surface area (Å²) in [6, 6.07) is 0. The van der Waals surface area contributed by atoms with Crippen LogP contribution >= 0.6 is 0 Å². The minimum absolute atomic E-state index is 0.0129. The third-order valence-electron chi connectivity index (χ3n) is 3.20. The fraction of sp³-hybridized carbons (Fsp3) is 0.800. The van der Waals surface area contributed by atoms with E-state index in [9.17, 15) is 4.79 Å². The first-order chi connectivity index (χ1) is 8.39. The van der Waals surface area contributed by atoms with Gasteiger partial charge < -0.3 is 4.74 Å². The summed E-state index contributed by atoms with van der Waals surface area (Å²) in [5.74, 6) is -0.0129. The number of cyclic esters (lactones) is 1. The molecule has 2 nitrogen and oxygen atoms in total. The normalized spacial score (nSPS) is 23.9. The SMILES string of the molecule is O=C1CCCCCCCCC/C=C/CCCO1.